The fraction of sp³-hybridized carbons (Fsp3) is 0.444. The summed E-state index contributed by atoms with van der Waals surface area (Å²) in [6.45, 7) is 9.51. The zero-order valence-corrected chi connectivity index (χ0v) is 55.5. The van der Waals surface area contributed by atoms with Crippen molar-refractivity contribution < 1.29 is 153 Å². The molecule has 1 aliphatic heterocycles. The molecule has 9 aromatic heterocycles. The summed E-state index contributed by atoms with van der Waals surface area (Å²) >= 11 is 16.9. The van der Waals surface area contributed by atoms with Crippen LogP contribution in [-0.4, -0.2) is 142 Å². The summed E-state index contributed by atoms with van der Waals surface area (Å²) in [6, 6.07) is 10.7. The van der Waals surface area contributed by atoms with Crippen LogP contribution in [0.2, 0.25) is 5.15 Å². The minimum atomic E-state index is -5.08. The van der Waals surface area contributed by atoms with Gasteiger partial charge >= 0.3 is 72.3 Å². The third-order valence-electron chi connectivity index (χ3n) is 12.8. The molecule has 51 heteroatoms. The van der Waals surface area contributed by atoms with E-state index in [0.29, 0.717) is 22.9 Å². The average molecular weight is 1710 g/mol. The van der Waals surface area contributed by atoms with Crippen molar-refractivity contribution in [3.05, 3.63) is 113 Å². The fourth-order valence-corrected chi connectivity index (χ4v) is 7.29. The molecule has 0 N–H and O–H groups in total. The summed E-state index contributed by atoms with van der Waals surface area (Å²) in [4.78, 5) is 10.6. The molecular formula is C54H55AgBCl3F21N15O9S-. The molecule has 9 aromatic rings. The second-order valence-electron chi connectivity index (χ2n) is 20.4. The van der Waals surface area contributed by atoms with E-state index in [-0.39, 0.29) is 79.8 Å². The van der Waals surface area contributed by atoms with Gasteiger partial charge in [0, 0.05) is 53.0 Å². The molecular weight excluding hydrogens is 1660 g/mol. The normalized spacial score (nSPS) is 14.4. The van der Waals surface area contributed by atoms with E-state index in [0.717, 1.165) is 49.1 Å². The number of aromatic nitrogens is 15. The summed E-state index contributed by atoms with van der Waals surface area (Å²) < 4.78 is 323. The third-order valence-corrected chi connectivity index (χ3v) is 13.7. The minimum absolute atomic E-state index is 0. The number of ether oxygens (including phenoxy) is 4. The number of rotatable bonds is 13. The van der Waals surface area contributed by atoms with Crippen molar-refractivity contribution in [1.82, 2.24) is 74.4 Å². The monoisotopic (exact) mass is 1710 g/mol. The van der Waals surface area contributed by atoms with Crippen LogP contribution in [0.4, 0.5) is 92.2 Å². The Balaban J connectivity index is 0.000000677. The van der Waals surface area contributed by atoms with Crippen LogP contribution < -0.4 is 19.7 Å². The van der Waals surface area contributed by atoms with Gasteiger partial charge in [-0.2, -0.15) is 108 Å². The van der Waals surface area contributed by atoms with E-state index in [4.69, 9.17) is 55.8 Å². The van der Waals surface area contributed by atoms with Gasteiger partial charge in [0.25, 0.3) is 23.5 Å². The van der Waals surface area contributed by atoms with Gasteiger partial charge in [-0.3, -0.25) is 0 Å². The second kappa shape index (κ2) is 36.8. The number of halogens is 24. The van der Waals surface area contributed by atoms with Crippen LogP contribution >= 0.6 is 34.8 Å². The molecule has 1 saturated heterocycles. The number of methoxy groups -OCH3 is 1. The Morgan fingerprint density at radius 2 is 0.800 bits per heavy atom. The maximum absolute atomic E-state index is 14.1. The third kappa shape index (κ3) is 25.0. The van der Waals surface area contributed by atoms with Crippen molar-refractivity contribution in [3.63, 3.8) is 0 Å². The predicted octanol–water partition coefficient (Wildman–Crippen LogP) is 15.4. The summed E-state index contributed by atoms with van der Waals surface area (Å²) in [5.74, 6) is -8.40. The average Bonchev–Trinajstić information content (AvgIpc) is 1.67. The van der Waals surface area contributed by atoms with Crippen LogP contribution in [0, 0.1) is 17.5 Å². The first-order chi connectivity index (χ1) is 46.2. The van der Waals surface area contributed by atoms with Crippen LogP contribution in [0.15, 0.2) is 73.2 Å². The predicted molar refractivity (Wildman–Crippen MR) is 325 cm³/mol. The van der Waals surface area contributed by atoms with Gasteiger partial charge in [-0.05, 0) is 126 Å². The van der Waals surface area contributed by atoms with Gasteiger partial charge in [-0.1, -0.05) is 41.3 Å². The van der Waals surface area contributed by atoms with Crippen LogP contribution in [0.3, 0.4) is 0 Å². The number of hydrogen-bond acceptors (Lipinski definition) is 22. The Bertz CT molecular complexity index is 4400. The summed E-state index contributed by atoms with van der Waals surface area (Å²) in [6.07, 6.45) is -21.3. The Labute approximate surface area is 608 Å². The summed E-state index contributed by atoms with van der Waals surface area (Å²) in [7, 11) is -4.01. The van der Waals surface area contributed by atoms with E-state index in [1.807, 2.05) is 27.7 Å². The molecule has 24 nitrogen and oxygen atoms in total. The Morgan fingerprint density at radius 1 is 0.495 bits per heavy atom. The Morgan fingerprint density at radius 3 is 1.10 bits per heavy atom. The molecule has 589 valence electrons. The van der Waals surface area contributed by atoms with E-state index in [2.05, 4.69) is 79.8 Å². The van der Waals surface area contributed by atoms with Gasteiger partial charge in [-0.25, -0.2) is 28.1 Å². The van der Waals surface area contributed by atoms with Crippen molar-refractivity contribution in [1.29, 1.82) is 0 Å². The van der Waals surface area contributed by atoms with Crippen molar-refractivity contribution >= 4 is 75.0 Å². The summed E-state index contributed by atoms with van der Waals surface area (Å²) in [5, 5.41) is 24.2. The standard InChI is InChI=1S/C15H11F6N5O2.C14H18BF4NO3.C14H8ClF6N5O.C6H2Cl2F2N4.CF3O2S.4CH4.Ag.O/c1-7(14(17,18)19)28-12-9(16)5-8(6-22-12)10-3-4-11-23-24-13(26(11)25-10)15(20,21)27-2;1-8(14(17,18)19)21-11-10(16)6-9(7-20-11)15-22-12(2,3)13(4,5)23-15;1-6(14(19,20)21)27-11-8(16)4-7(5-22-11)9-2-3-10-23-24-12(13(15,17)18)26(10)25-9;7-3-1-2-4-11-12-5(6(8,9)10)14(4)13-3;2-1(3,4)7(5)6;;;;;;/h3-7H,1-2H3;6-8H,1-5H3;2-6H,1H3;1-2H;;4*1H4;;/q;;;;-1;;;;;;/t7-;8-;6-;;;;;;;;/m000......../s1. The molecule has 10 heterocycles. The van der Waals surface area contributed by atoms with Crippen LogP contribution in [0.5, 0.6) is 17.6 Å². The van der Waals surface area contributed by atoms with Crippen molar-refractivity contribution in [2.45, 2.75) is 149 Å². The molecule has 0 saturated carbocycles. The molecule has 0 bridgehead atoms. The molecule has 0 amide bonds. The SMILES string of the molecule is C.C.C.C.COC(F)(F)c1nnc2ccc(-c3cnc(O[C@@H](C)C(F)(F)F)c(F)c3)nn12.C[C@H](Oc1ncc(-c2ccc3nnc(C(F)(F)Cl)n3n2)cc1F)C(F)(F)F.C[C@H](Oc1ncc(B2OC(C)(C)C(C)(C)O2)cc1F)C(F)(F)F.FC(F)(Cl)c1nnc2ccc(Cl)nn12.O=[S-](=O)C(F)(F)F.[O]=[Ag]. The van der Waals surface area contributed by atoms with E-state index in [1.165, 1.54) is 42.6 Å². The number of pyridine rings is 3. The first-order valence-corrected chi connectivity index (χ1v) is 29.3. The van der Waals surface area contributed by atoms with Crippen molar-refractivity contribution in [3.8, 4) is 40.2 Å². The maximum atomic E-state index is 14.1. The Hall–Kier alpha value is -7.66. The van der Waals surface area contributed by atoms with E-state index in [1.54, 1.807) is 21.0 Å². The number of hydrogen-bond donors (Lipinski definition) is 0. The zero-order valence-electron chi connectivity index (χ0n) is 50.9. The van der Waals surface area contributed by atoms with Gasteiger partial charge in [0.1, 0.15) is 5.15 Å². The number of alkyl halides is 20. The van der Waals surface area contributed by atoms with Gasteiger partial charge in [0.15, 0.2) is 52.7 Å². The van der Waals surface area contributed by atoms with Crippen LogP contribution in [0.1, 0.15) is 95.6 Å². The zero-order chi connectivity index (χ0) is 76.7. The first-order valence-electron chi connectivity index (χ1n) is 26.5. The first kappa shape index (κ1) is 95.3. The van der Waals surface area contributed by atoms with Gasteiger partial charge in [0.2, 0.25) is 11.6 Å². The molecule has 0 aliphatic carbocycles. The fourth-order valence-electron chi connectivity index (χ4n) is 6.92. The van der Waals surface area contributed by atoms with Crippen LogP contribution in [0.25, 0.3) is 39.5 Å². The number of fused-ring (bicyclic) bond motifs is 3. The molecule has 1 aliphatic rings. The molecule has 0 spiro atoms. The van der Waals surface area contributed by atoms with Crippen molar-refractivity contribution in [2.24, 2.45) is 0 Å². The van der Waals surface area contributed by atoms with Gasteiger partial charge in [-0.15, -0.1) is 30.6 Å². The van der Waals surface area contributed by atoms with Gasteiger partial charge < -0.3 is 36.7 Å². The molecule has 0 aromatic carbocycles. The molecule has 1 fully saturated rings. The Kier molecular flexibility index (Phi) is 33.4. The number of nitrogens with zero attached hydrogens (tertiary/aromatic N) is 15. The van der Waals surface area contributed by atoms with E-state index >= 15 is 0 Å². The van der Waals surface area contributed by atoms with E-state index in [9.17, 15) is 92.2 Å². The molecule has 105 heavy (non-hydrogen) atoms. The van der Waals surface area contributed by atoms with E-state index < -0.39 is 141 Å². The molecule has 0 radical (unpaired) electrons. The van der Waals surface area contributed by atoms with Crippen molar-refractivity contribution in [2.75, 3.05) is 7.11 Å². The molecule has 0 unspecified atom stereocenters. The van der Waals surface area contributed by atoms with Crippen LogP contribution in [-0.2, 0) is 74.3 Å². The molecule has 3 atom stereocenters. The quantitative estimate of drug-likeness (QED) is 0.0449. The summed E-state index contributed by atoms with van der Waals surface area (Å²) in [5.41, 5.74) is -5.98. The topological polar surface area (TPSA) is 274 Å². The second-order valence-corrected chi connectivity index (χ2v) is 22.7. The van der Waals surface area contributed by atoms with Gasteiger partial charge in [0.05, 0.1) is 22.6 Å². The molecule has 10 rings (SSSR count).